The summed E-state index contributed by atoms with van der Waals surface area (Å²) in [6.45, 7) is 4.02. The molecule has 1 atom stereocenters. The average Bonchev–Trinajstić information content (AvgIpc) is 3.08. The molecule has 0 aliphatic heterocycles. The van der Waals surface area contributed by atoms with Crippen molar-refractivity contribution in [3.8, 4) is 5.75 Å². The number of thioether (sulfide) groups is 1. The molecule has 146 valence electrons. The number of carbonyl (C=O) groups excluding carboxylic acids is 1. The number of thiophene rings is 1. The third-order valence-corrected chi connectivity index (χ3v) is 5.61. The Bertz CT molecular complexity index is 1090. The third kappa shape index (κ3) is 4.18. The van der Waals surface area contributed by atoms with E-state index in [2.05, 4.69) is 15.3 Å². The molecule has 0 radical (unpaired) electrons. The Hall–Kier alpha value is -2.85. The molecule has 28 heavy (non-hydrogen) atoms. The van der Waals surface area contributed by atoms with Gasteiger partial charge in [0.2, 0.25) is 5.91 Å². The summed E-state index contributed by atoms with van der Waals surface area (Å²) in [5.74, 6) is -0.889. The van der Waals surface area contributed by atoms with Gasteiger partial charge in [0.1, 0.15) is 10.6 Å². The van der Waals surface area contributed by atoms with Crippen molar-refractivity contribution >= 4 is 50.9 Å². The van der Waals surface area contributed by atoms with E-state index >= 15 is 0 Å². The zero-order valence-corrected chi connectivity index (χ0v) is 16.6. The van der Waals surface area contributed by atoms with E-state index < -0.39 is 16.8 Å². The molecule has 0 saturated heterocycles. The first kappa shape index (κ1) is 19.9. The number of para-hydroxylation sites is 2. The predicted octanol–water partition coefficient (Wildman–Crippen LogP) is 3.20. The standard InChI is InChI=1S/C18H17N3O5S2/c1-3-26-12-7-5-4-6-11(12)19-14(22)9(2)28-18-20-15(23)13-10(17(24)25)8-27-16(13)21-18/h4-9H,3H2,1-2H3,(H,19,22)(H,24,25)(H,20,21,23). The van der Waals surface area contributed by atoms with Crippen LogP contribution in [0.4, 0.5) is 5.69 Å². The van der Waals surface area contributed by atoms with Crippen LogP contribution in [0.5, 0.6) is 5.75 Å². The van der Waals surface area contributed by atoms with E-state index in [-0.39, 0.29) is 22.0 Å². The number of aromatic amines is 1. The summed E-state index contributed by atoms with van der Waals surface area (Å²) < 4.78 is 5.49. The Balaban J connectivity index is 1.77. The lowest BCUT2D eigenvalue weighted by atomic mass is 10.2. The number of nitrogens with zero attached hydrogens (tertiary/aromatic N) is 1. The molecule has 1 amide bonds. The SMILES string of the molecule is CCOc1ccccc1NC(=O)C(C)Sc1nc2scc(C(=O)O)c2c(=O)[nH]1. The van der Waals surface area contributed by atoms with Crippen LogP contribution in [0.15, 0.2) is 39.6 Å². The van der Waals surface area contributed by atoms with Crippen molar-refractivity contribution in [1.29, 1.82) is 0 Å². The Morgan fingerprint density at radius 1 is 1.39 bits per heavy atom. The van der Waals surface area contributed by atoms with Gasteiger partial charge in [0.15, 0.2) is 5.16 Å². The minimum atomic E-state index is -1.18. The molecule has 0 bridgehead atoms. The number of hydrogen-bond acceptors (Lipinski definition) is 7. The van der Waals surface area contributed by atoms with Crippen LogP contribution in [0.3, 0.4) is 0 Å². The van der Waals surface area contributed by atoms with Gasteiger partial charge in [-0.1, -0.05) is 23.9 Å². The number of aromatic nitrogens is 2. The highest BCUT2D eigenvalue weighted by atomic mass is 32.2. The number of carbonyl (C=O) groups is 2. The predicted molar refractivity (Wildman–Crippen MR) is 109 cm³/mol. The van der Waals surface area contributed by atoms with Crippen molar-refractivity contribution < 1.29 is 19.4 Å². The smallest absolute Gasteiger partial charge is 0.337 e. The van der Waals surface area contributed by atoms with E-state index in [0.717, 1.165) is 23.1 Å². The minimum absolute atomic E-state index is 0.0459. The number of hydrogen-bond donors (Lipinski definition) is 3. The fourth-order valence-electron chi connectivity index (χ4n) is 2.45. The summed E-state index contributed by atoms with van der Waals surface area (Å²) in [6, 6.07) is 7.11. The van der Waals surface area contributed by atoms with Crippen LogP contribution in [0.25, 0.3) is 10.2 Å². The molecule has 1 aromatic carbocycles. The quantitative estimate of drug-likeness (QED) is 0.397. The zero-order chi connectivity index (χ0) is 20.3. The molecule has 2 aromatic heterocycles. The number of H-pyrrole nitrogens is 1. The molecular weight excluding hydrogens is 402 g/mol. The van der Waals surface area contributed by atoms with Gasteiger partial charge >= 0.3 is 5.97 Å². The number of carboxylic acids is 1. The largest absolute Gasteiger partial charge is 0.492 e. The molecule has 3 N–H and O–H groups in total. The monoisotopic (exact) mass is 419 g/mol. The molecule has 2 heterocycles. The molecule has 1 unspecified atom stereocenters. The average molecular weight is 419 g/mol. The highest BCUT2D eigenvalue weighted by Gasteiger charge is 2.20. The van der Waals surface area contributed by atoms with Crippen molar-refractivity contribution in [1.82, 2.24) is 9.97 Å². The lowest BCUT2D eigenvalue weighted by molar-refractivity contribution is -0.115. The van der Waals surface area contributed by atoms with Crippen LogP contribution in [-0.2, 0) is 4.79 Å². The molecule has 0 fully saturated rings. The number of amides is 1. The Morgan fingerprint density at radius 3 is 2.86 bits per heavy atom. The number of carboxylic acid groups (broad SMARTS) is 1. The fourth-order valence-corrected chi connectivity index (χ4v) is 4.22. The molecular formula is C18H17N3O5S2. The van der Waals surface area contributed by atoms with Gasteiger partial charge in [-0.2, -0.15) is 0 Å². The maximum atomic E-state index is 12.5. The van der Waals surface area contributed by atoms with E-state index in [0.29, 0.717) is 22.9 Å². The van der Waals surface area contributed by atoms with E-state index in [1.165, 1.54) is 5.38 Å². The minimum Gasteiger partial charge on any atom is -0.492 e. The van der Waals surface area contributed by atoms with Gasteiger partial charge in [0, 0.05) is 5.38 Å². The number of rotatable bonds is 7. The first-order valence-electron chi connectivity index (χ1n) is 8.34. The highest BCUT2D eigenvalue weighted by molar-refractivity contribution is 8.00. The molecule has 0 saturated carbocycles. The molecule has 3 rings (SSSR count). The first-order valence-corrected chi connectivity index (χ1v) is 10.1. The van der Waals surface area contributed by atoms with Gasteiger partial charge in [0.05, 0.1) is 28.5 Å². The lowest BCUT2D eigenvalue weighted by Gasteiger charge is -2.14. The van der Waals surface area contributed by atoms with Gasteiger partial charge in [0.25, 0.3) is 5.56 Å². The summed E-state index contributed by atoms with van der Waals surface area (Å²) in [7, 11) is 0. The second kappa shape index (κ2) is 8.44. The number of ether oxygens (including phenoxy) is 1. The van der Waals surface area contributed by atoms with Gasteiger partial charge < -0.3 is 20.1 Å². The molecule has 3 aromatic rings. The number of anilines is 1. The molecule has 0 aliphatic carbocycles. The summed E-state index contributed by atoms with van der Waals surface area (Å²) in [5.41, 5.74) is -0.0628. The fraction of sp³-hybridized carbons (Fsp3) is 0.222. The van der Waals surface area contributed by atoms with Crippen LogP contribution < -0.4 is 15.6 Å². The van der Waals surface area contributed by atoms with Crippen molar-refractivity contribution in [2.75, 3.05) is 11.9 Å². The number of aromatic carboxylic acids is 1. The Kier molecular flexibility index (Phi) is 6.00. The maximum Gasteiger partial charge on any atom is 0.337 e. The molecule has 10 heteroatoms. The van der Waals surface area contributed by atoms with E-state index in [1.807, 2.05) is 13.0 Å². The van der Waals surface area contributed by atoms with Gasteiger partial charge in [-0.05, 0) is 26.0 Å². The van der Waals surface area contributed by atoms with Crippen molar-refractivity contribution in [2.45, 2.75) is 24.3 Å². The van der Waals surface area contributed by atoms with Gasteiger partial charge in [-0.15, -0.1) is 11.3 Å². The zero-order valence-electron chi connectivity index (χ0n) is 15.0. The van der Waals surface area contributed by atoms with Crippen LogP contribution in [0.2, 0.25) is 0 Å². The Labute approximate surface area is 168 Å². The van der Waals surface area contributed by atoms with Crippen LogP contribution in [0.1, 0.15) is 24.2 Å². The highest BCUT2D eigenvalue weighted by Crippen LogP contribution is 2.28. The number of benzene rings is 1. The molecule has 8 nitrogen and oxygen atoms in total. The van der Waals surface area contributed by atoms with Crippen LogP contribution >= 0.6 is 23.1 Å². The maximum absolute atomic E-state index is 12.5. The van der Waals surface area contributed by atoms with Gasteiger partial charge in [-0.25, -0.2) is 9.78 Å². The topological polar surface area (TPSA) is 121 Å². The third-order valence-electron chi connectivity index (χ3n) is 3.76. The summed E-state index contributed by atoms with van der Waals surface area (Å²) in [6.07, 6.45) is 0. The normalized spacial score (nSPS) is 11.9. The van der Waals surface area contributed by atoms with Crippen molar-refractivity contribution in [3.05, 3.63) is 45.6 Å². The number of fused-ring (bicyclic) bond motifs is 1. The van der Waals surface area contributed by atoms with Gasteiger partial charge in [-0.3, -0.25) is 9.59 Å². The second-order valence-corrected chi connectivity index (χ2v) is 7.87. The summed E-state index contributed by atoms with van der Waals surface area (Å²) in [4.78, 5) is 43.1. The van der Waals surface area contributed by atoms with E-state index in [1.54, 1.807) is 25.1 Å². The molecule has 0 spiro atoms. The second-order valence-electron chi connectivity index (χ2n) is 5.68. The van der Waals surface area contributed by atoms with E-state index in [4.69, 9.17) is 9.84 Å². The number of nitrogens with one attached hydrogen (secondary N) is 2. The van der Waals surface area contributed by atoms with Crippen LogP contribution in [-0.4, -0.2) is 38.8 Å². The van der Waals surface area contributed by atoms with Crippen molar-refractivity contribution in [2.24, 2.45) is 0 Å². The van der Waals surface area contributed by atoms with Crippen molar-refractivity contribution in [3.63, 3.8) is 0 Å². The summed E-state index contributed by atoms with van der Waals surface area (Å²) >= 11 is 2.15. The molecule has 0 aliphatic rings. The summed E-state index contributed by atoms with van der Waals surface area (Å²) in [5, 5.41) is 13.1. The van der Waals surface area contributed by atoms with Crippen LogP contribution in [0, 0.1) is 0 Å². The Morgan fingerprint density at radius 2 is 2.14 bits per heavy atom. The lowest BCUT2D eigenvalue weighted by Crippen LogP contribution is -2.23. The van der Waals surface area contributed by atoms with E-state index in [9.17, 15) is 14.4 Å². The first-order chi connectivity index (χ1) is 13.4.